The third-order valence-corrected chi connectivity index (χ3v) is 4.01. The third kappa shape index (κ3) is 2.51. The van der Waals surface area contributed by atoms with E-state index in [1.807, 2.05) is 6.20 Å². The molecule has 1 saturated heterocycles. The Balaban J connectivity index is 2.32. The molecule has 2 heterocycles. The Morgan fingerprint density at radius 2 is 2.11 bits per heavy atom. The van der Waals surface area contributed by atoms with Crippen molar-refractivity contribution in [3.8, 4) is 0 Å². The maximum atomic E-state index is 4.63. The Kier molecular flexibility index (Phi) is 4.59. The summed E-state index contributed by atoms with van der Waals surface area (Å²) >= 11 is 0. The van der Waals surface area contributed by atoms with E-state index in [0.717, 1.165) is 19.6 Å². The summed E-state index contributed by atoms with van der Waals surface area (Å²) in [6, 6.07) is 4.91. The molecule has 0 amide bonds. The van der Waals surface area contributed by atoms with Crippen molar-refractivity contribution in [1.29, 1.82) is 0 Å². The lowest BCUT2D eigenvalue weighted by atomic mass is 10.0. The van der Waals surface area contributed by atoms with Gasteiger partial charge in [-0.2, -0.15) is 0 Å². The number of anilines is 1. The van der Waals surface area contributed by atoms with Crippen LogP contribution in [-0.2, 0) is 0 Å². The van der Waals surface area contributed by atoms with Gasteiger partial charge in [0.15, 0.2) is 0 Å². The van der Waals surface area contributed by atoms with Gasteiger partial charge in [0.05, 0.1) is 0 Å². The van der Waals surface area contributed by atoms with E-state index in [4.69, 9.17) is 0 Å². The molecule has 0 bridgehead atoms. The van der Waals surface area contributed by atoms with Crippen LogP contribution in [0.15, 0.2) is 18.3 Å². The topological polar surface area (TPSA) is 19.4 Å². The molecule has 3 nitrogen and oxygen atoms in total. The van der Waals surface area contributed by atoms with Crippen molar-refractivity contribution in [2.75, 3.05) is 31.1 Å². The van der Waals surface area contributed by atoms with Crippen LogP contribution in [0.25, 0.3) is 0 Å². The standard InChI is InChI=1S/C15H25N3/c1-4-17(5-2)15-13(9-7-11-16-15)14-10-8-12-18(14)6-3/h7,9,11,14H,4-6,8,10,12H2,1-3H3. The van der Waals surface area contributed by atoms with E-state index in [-0.39, 0.29) is 0 Å². The second-order valence-electron chi connectivity index (χ2n) is 4.88. The van der Waals surface area contributed by atoms with Crippen molar-refractivity contribution >= 4 is 5.82 Å². The summed E-state index contributed by atoms with van der Waals surface area (Å²) in [5.41, 5.74) is 1.42. The summed E-state index contributed by atoms with van der Waals surface area (Å²) in [5, 5.41) is 0. The largest absolute Gasteiger partial charge is 0.357 e. The number of hydrogen-bond acceptors (Lipinski definition) is 3. The predicted molar refractivity (Wildman–Crippen MR) is 77.0 cm³/mol. The van der Waals surface area contributed by atoms with Crippen LogP contribution in [0.5, 0.6) is 0 Å². The maximum Gasteiger partial charge on any atom is 0.133 e. The monoisotopic (exact) mass is 247 g/mol. The Labute approximate surface area is 111 Å². The summed E-state index contributed by atoms with van der Waals surface area (Å²) in [7, 11) is 0. The second-order valence-corrected chi connectivity index (χ2v) is 4.88. The number of rotatable bonds is 5. The molecule has 3 heteroatoms. The van der Waals surface area contributed by atoms with Crippen LogP contribution in [-0.4, -0.2) is 36.1 Å². The van der Waals surface area contributed by atoms with Gasteiger partial charge >= 0.3 is 0 Å². The lowest BCUT2D eigenvalue weighted by Crippen LogP contribution is -2.28. The lowest BCUT2D eigenvalue weighted by molar-refractivity contribution is 0.271. The van der Waals surface area contributed by atoms with Gasteiger partial charge < -0.3 is 4.90 Å². The van der Waals surface area contributed by atoms with Gasteiger partial charge in [0.1, 0.15) is 5.82 Å². The molecule has 0 N–H and O–H groups in total. The molecular formula is C15H25N3. The average molecular weight is 247 g/mol. The first-order valence-corrected chi connectivity index (χ1v) is 7.25. The highest BCUT2D eigenvalue weighted by Crippen LogP contribution is 2.35. The van der Waals surface area contributed by atoms with E-state index in [1.165, 1.54) is 30.8 Å². The van der Waals surface area contributed by atoms with Gasteiger partial charge in [0.2, 0.25) is 0 Å². The van der Waals surface area contributed by atoms with E-state index >= 15 is 0 Å². The molecule has 1 aliphatic rings. The first kappa shape index (κ1) is 13.3. The van der Waals surface area contributed by atoms with Crippen LogP contribution >= 0.6 is 0 Å². The number of pyridine rings is 1. The molecule has 0 aliphatic carbocycles. The molecule has 18 heavy (non-hydrogen) atoms. The van der Waals surface area contributed by atoms with Crippen LogP contribution in [0, 0.1) is 0 Å². The number of nitrogens with zero attached hydrogens (tertiary/aromatic N) is 3. The quantitative estimate of drug-likeness (QED) is 0.797. The van der Waals surface area contributed by atoms with E-state index in [2.05, 4.69) is 47.7 Å². The average Bonchev–Trinajstić information content (AvgIpc) is 2.89. The van der Waals surface area contributed by atoms with Crippen molar-refractivity contribution in [2.45, 2.75) is 39.7 Å². The highest BCUT2D eigenvalue weighted by molar-refractivity contribution is 5.48. The molecule has 1 aromatic heterocycles. The molecule has 0 aromatic carbocycles. The van der Waals surface area contributed by atoms with Gasteiger partial charge in [0, 0.05) is 30.9 Å². The molecule has 1 atom stereocenters. The zero-order valence-electron chi connectivity index (χ0n) is 11.9. The molecule has 1 aromatic rings. The normalized spacial score (nSPS) is 20.3. The van der Waals surface area contributed by atoms with E-state index < -0.39 is 0 Å². The van der Waals surface area contributed by atoms with Crippen molar-refractivity contribution in [3.05, 3.63) is 23.9 Å². The number of aromatic nitrogens is 1. The van der Waals surface area contributed by atoms with Crippen molar-refractivity contribution in [3.63, 3.8) is 0 Å². The summed E-state index contributed by atoms with van der Waals surface area (Å²) in [5.74, 6) is 1.19. The second kappa shape index (κ2) is 6.19. The fourth-order valence-electron chi connectivity index (χ4n) is 3.01. The lowest BCUT2D eigenvalue weighted by Gasteiger charge is -2.29. The Bertz CT molecular complexity index is 374. The smallest absolute Gasteiger partial charge is 0.133 e. The summed E-state index contributed by atoms with van der Waals surface area (Å²) in [4.78, 5) is 9.57. The van der Waals surface area contributed by atoms with Crippen LogP contribution in [0.2, 0.25) is 0 Å². The van der Waals surface area contributed by atoms with Crippen molar-refractivity contribution < 1.29 is 0 Å². The molecule has 0 radical (unpaired) electrons. The molecule has 0 spiro atoms. The van der Waals surface area contributed by atoms with Crippen LogP contribution in [0.3, 0.4) is 0 Å². The molecule has 100 valence electrons. The first-order chi connectivity index (χ1) is 8.81. The first-order valence-electron chi connectivity index (χ1n) is 7.25. The predicted octanol–water partition coefficient (Wildman–Crippen LogP) is 3.08. The minimum Gasteiger partial charge on any atom is -0.357 e. The Morgan fingerprint density at radius 1 is 1.33 bits per heavy atom. The van der Waals surface area contributed by atoms with Crippen LogP contribution in [0.4, 0.5) is 5.82 Å². The SMILES string of the molecule is CCN(CC)c1ncccc1C1CCCN1CC. The zero-order valence-corrected chi connectivity index (χ0v) is 11.9. The van der Waals surface area contributed by atoms with Crippen LogP contribution in [0.1, 0.15) is 45.2 Å². The van der Waals surface area contributed by atoms with Gasteiger partial charge in [-0.15, -0.1) is 0 Å². The van der Waals surface area contributed by atoms with Gasteiger partial charge in [-0.3, -0.25) is 4.90 Å². The maximum absolute atomic E-state index is 4.63. The zero-order chi connectivity index (χ0) is 13.0. The Hall–Kier alpha value is -1.09. The third-order valence-electron chi connectivity index (χ3n) is 4.01. The summed E-state index contributed by atoms with van der Waals surface area (Å²) in [6.07, 6.45) is 4.50. The van der Waals surface area contributed by atoms with Crippen molar-refractivity contribution in [1.82, 2.24) is 9.88 Å². The molecule has 2 rings (SSSR count). The number of likely N-dealkylation sites (tertiary alicyclic amines) is 1. The Morgan fingerprint density at radius 3 is 2.78 bits per heavy atom. The number of hydrogen-bond donors (Lipinski definition) is 0. The molecule has 1 fully saturated rings. The highest BCUT2D eigenvalue weighted by Gasteiger charge is 2.27. The molecular weight excluding hydrogens is 222 g/mol. The minimum atomic E-state index is 0.569. The molecule has 1 aliphatic heterocycles. The highest BCUT2D eigenvalue weighted by atomic mass is 15.2. The van der Waals surface area contributed by atoms with Gasteiger partial charge in [-0.25, -0.2) is 4.98 Å². The van der Waals surface area contributed by atoms with E-state index in [1.54, 1.807) is 0 Å². The summed E-state index contributed by atoms with van der Waals surface area (Å²) in [6.45, 7) is 11.1. The minimum absolute atomic E-state index is 0.569. The van der Waals surface area contributed by atoms with Gasteiger partial charge in [-0.1, -0.05) is 13.0 Å². The van der Waals surface area contributed by atoms with Gasteiger partial charge in [0.25, 0.3) is 0 Å². The van der Waals surface area contributed by atoms with Crippen molar-refractivity contribution in [2.24, 2.45) is 0 Å². The van der Waals surface area contributed by atoms with E-state index in [0.29, 0.717) is 6.04 Å². The molecule has 1 unspecified atom stereocenters. The fraction of sp³-hybridized carbons (Fsp3) is 0.667. The van der Waals surface area contributed by atoms with Gasteiger partial charge in [-0.05, 0) is 45.8 Å². The summed E-state index contributed by atoms with van der Waals surface area (Å²) < 4.78 is 0. The fourth-order valence-corrected chi connectivity index (χ4v) is 3.01. The van der Waals surface area contributed by atoms with Crippen LogP contribution < -0.4 is 4.90 Å². The van der Waals surface area contributed by atoms with E-state index in [9.17, 15) is 0 Å². The molecule has 0 saturated carbocycles.